The van der Waals surface area contributed by atoms with Crippen molar-refractivity contribution in [2.24, 2.45) is 10.7 Å². The van der Waals surface area contributed by atoms with Crippen LogP contribution in [0.3, 0.4) is 0 Å². The molecule has 2 N–H and O–H groups in total. The second kappa shape index (κ2) is 10.3. The number of carbonyl (C=O) groups excluding carboxylic acids is 1. The van der Waals surface area contributed by atoms with Crippen molar-refractivity contribution in [1.82, 2.24) is 14.7 Å². The highest BCUT2D eigenvalue weighted by atomic mass is 16.5. The van der Waals surface area contributed by atoms with E-state index in [-0.39, 0.29) is 23.7 Å². The summed E-state index contributed by atoms with van der Waals surface area (Å²) >= 11 is 0. The maximum Gasteiger partial charge on any atom is 0.337 e. The third-order valence-corrected chi connectivity index (χ3v) is 6.79. The van der Waals surface area contributed by atoms with Gasteiger partial charge in [-0.05, 0) is 41.8 Å². The van der Waals surface area contributed by atoms with Gasteiger partial charge in [0.25, 0.3) is 5.56 Å². The molecule has 1 aromatic heterocycles. The molecule has 3 aromatic rings. The van der Waals surface area contributed by atoms with Crippen LogP contribution in [0, 0.1) is 0 Å². The number of aliphatic imine (C=N–C) groups is 1. The average molecular weight is 496 g/mol. The minimum absolute atomic E-state index is 0.0436. The number of nitrogens with zero attached hydrogens (tertiary/aromatic N) is 4. The minimum Gasteiger partial charge on any atom is -0.465 e. The van der Waals surface area contributed by atoms with E-state index in [9.17, 15) is 9.59 Å². The second-order valence-corrected chi connectivity index (χ2v) is 9.11. The van der Waals surface area contributed by atoms with E-state index in [0.717, 1.165) is 16.7 Å². The Bertz CT molecular complexity index is 1470. The quantitative estimate of drug-likeness (QED) is 0.502. The molecule has 0 bridgehead atoms. The highest BCUT2D eigenvalue weighted by Gasteiger charge is 2.32. The van der Waals surface area contributed by atoms with Crippen LogP contribution in [0.4, 0.5) is 0 Å². The van der Waals surface area contributed by atoms with Crippen molar-refractivity contribution in [1.29, 1.82) is 0 Å². The zero-order valence-corrected chi connectivity index (χ0v) is 20.8. The lowest BCUT2D eigenvalue weighted by molar-refractivity contribution is 0.0600. The molecule has 0 fully saturated rings. The van der Waals surface area contributed by atoms with E-state index in [1.54, 1.807) is 24.3 Å². The number of hydrogen-bond acceptors (Lipinski definition) is 7. The van der Waals surface area contributed by atoms with Crippen molar-refractivity contribution in [2.75, 3.05) is 7.11 Å². The van der Waals surface area contributed by atoms with E-state index in [2.05, 4.69) is 34.2 Å². The Morgan fingerprint density at radius 3 is 2.70 bits per heavy atom. The molecular weight excluding hydrogens is 466 g/mol. The van der Waals surface area contributed by atoms with E-state index >= 15 is 0 Å². The van der Waals surface area contributed by atoms with Gasteiger partial charge in [-0.15, -0.1) is 0 Å². The summed E-state index contributed by atoms with van der Waals surface area (Å²) < 4.78 is 6.35. The predicted octanol–water partition coefficient (Wildman–Crippen LogP) is 3.69. The van der Waals surface area contributed by atoms with Crippen LogP contribution in [0.5, 0.6) is 0 Å². The Morgan fingerprint density at radius 1 is 1.08 bits per heavy atom. The number of fused-ring (bicyclic) bond motifs is 1. The molecule has 3 unspecified atom stereocenters. The first kappa shape index (κ1) is 24.2. The third kappa shape index (κ3) is 4.82. The van der Waals surface area contributed by atoms with Gasteiger partial charge in [0.2, 0.25) is 0 Å². The van der Waals surface area contributed by atoms with Gasteiger partial charge in [0.15, 0.2) is 5.96 Å². The van der Waals surface area contributed by atoms with Gasteiger partial charge in [-0.25, -0.2) is 14.5 Å². The van der Waals surface area contributed by atoms with Gasteiger partial charge in [0, 0.05) is 18.2 Å². The van der Waals surface area contributed by atoms with Gasteiger partial charge in [-0.1, -0.05) is 61.6 Å². The van der Waals surface area contributed by atoms with E-state index in [4.69, 9.17) is 15.6 Å². The van der Waals surface area contributed by atoms with Crippen LogP contribution in [-0.4, -0.2) is 45.8 Å². The van der Waals surface area contributed by atoms with E-state index in [0.29, 0.717) is 30.2 Å². The average Bonchev–Trinajstić information content (AvgIpc) is 3.24. The first-order valence-electron chi connectivity index (χ1n) is 12.3. The zero-order valence-electron chi connectivity index (χ0n) is 20.8. The number of benzene rings is 2. The van der Waals surface area contributed by atoms with Crippen LogP contribution in [0.2, 0.25) is 0 Å². The lowest BCUT2D eigenvalue weighted by Gasteiger charge is -2.27. The second-order valence-electron chi connectivity index (χ2n) is 9.11. The number of nitrogens with two attached hydrogens (primary N) is 1. The van der Waals surface area contributed by atoms with Gasteiger partial charge >= 0.3 is 5.97 Å². The summed E-state index contributed by atoms with van der Waals surface area (Å²) in [6.45, 7) is 2.60. The van der Waals surface area contributed by atoms with Crippen LogP contribution in [0.25, 0.3) is 11.3 Å². The largest absolute Gasteiger partial charge is 0.465 e. The van der Waals surface area contributed by atoms with Gasteiger partial charge in [-0.3, -0.25) is 4.79 Å². The van der Waals surface area contributed by atoms with Crippen LogP contribution in [-0.2, 0) is 11.3 Å². The summed E-state index contributed by atoms with van der Waals surface area (Å²) in [5.74, 6) is 0.112. The standard InChI is InChI=1S/C29H29N5O3/c1-3-25(21-10-7-11-22(17-21)28(36)37-2)34-27(35)15-14-23(32-34)20-9-6-8-19(16-20)18-33-26-13-5-4-12-24(26)31-29(33)30/h4-17,24-26H,3,18H2,1-2H3,(H2,30,31). The molecule has 5 rings (SSSR count). The molecular formula is C29H29N5O3. The molecule has 0 saturated heterocycles. The van der Waals surface area contributed by atoms with E-state index < -0.39 is 5.97 Å². The monoisotopic (exact) mass is 495 g/mol. The number of esters is 1. The molecule has 8 nitrogen and oxygen atoms in total. The summed E-state index contributed by atoms with van der Waals surface area (Å²) in [5, 5.41) is 4.74. The molecule has 0 amide bonds. The highest BCUT2D eigenvalue weighted by molar-refractivity contribution is 5.89. The van der Waals surface area contributed by atoms with E-state index in [1.165, 1.54) is 17.9 Å². The SMILES string of the molecule is CCC(c1cccc(C(=O)OC)c1)n1nc(-c2cccc(CN3C(N)=NC4C=CC=CC43)c2)ccc1=O. The molecule has 1 aliphatic carbocycles. The zero-order chi connectivity index (χ0) is 25.9. The van der Waals surface area contributed by atoms with Crippen LogP contribution in [0.1, 0.15) is 40.9 Å². The fourth-order valence-electron chi connectivity index (χ4n) is 4.93. The molecule has 1 aliphatic heterocycles. The number of hydrogen-bond donors (Lipinski definition) is 1. The summed E-state index contributed by atoms with van der Waals surface area (Å²) in [4.78, 5) is 31.6. The molecule has 0 radical (unpaired) electrons. The van der Waals surface area contributed by atoms with Crippen molar-refractivity contribution in [3.05, 3.63) is 112 Å². The Morgan fingerprint density at radius 2 is 1.89 bits per heavy atom. The third-order valence-electron chi connectivity index (χ3n) is 6.79. The molecule has 0 saturated carbocycles. The summed E-state index contributed by atoms with van der Waals surface area (Å²) in [7, 11) is 1.35. The van der Waals surface area contributed by atoms with Gasteiger partial charge in [0.1, 0.15) is 0 Å². The molecule has 3 atom stereocenters. The normalized spacial score (nSPS) is 18.9. The lowest BCUT2D eigenvalue weighted by atomic mass is 10.0. The summed E-state index contributed by atoms with van der Waals surface area (Å²) in [5.41, 5.74) is 9.94. The van der Waals surface area contributed by atoms with Crippen molar-refractivity contribution in [2.45, 2.75) is 38.0 Å². The number of rotatable bonds is 7. The van der Waals surface area contributed by atoms with Crippen molar-refractivity contribution < 1.29 is 9.53 Å². The first-order valence-corrected chi connectivity index (χ1v) is 12.3. The fraction of sp³-hybridized carbons (Fsp3) is 0.241. The van der Waals surface area contributed by atoms with Crippen LogP contribution in [0.15, 0.2) is 94.8 Å². The lowest BCUT2D eigenvalue weighted by Crippen LogP contribution is -2.41. The summed E-state index contributed by atoms with van der Waals surface area (Å²) in [6.07, 6.45) is 8.83. The molecule has 2 heterocycles. The van der Waals surface area contributed by atoms with Crippen molar-refractivity contribution in [3.8, 4) is 11.3 Å². The molecule has 0 spiro atoms. The Hall–Kier alpha value is -4.46. The fourth-order valence-corrected chi connectivity index (χ4v) is 4.93. The minimum atomic E-state index is -0.419. The maximum absolute atomic E-state index is 12.9. The van der Waals surface area contributed by atoms with Crippen molar-refractivity contribution in [3.63, 3.8) is 0 Å². The number of methoxy groups -OCH3 is 1. The number of aromatic nitrogens is 2. The van der Waals surface area contributed by atoms with E-state index in [1.807, 2.05) is 37.3 Å². The van der Waals surface area contributed by atoms with Crippen LogP contribution < -0.4 is 11.3 Å². The molecule has 8 heteroatoms. The van der Waals surface area contributed by atoms with Gasteiger partial charge in [0.05, 0.1) is 36.5 Å². The van der Waals surface area contributed by atoms with Gasteiger partial charge in [-0.2, -0.15) is 5.10 Å². The van der Waals surface area contributed by atoms with Crippen LogP contribution >= 0.6 is 0 Å². The number of allylic oxidation sites excluding steroid dienone is 2. The number of ether oxygens (including phenoxy) is 1. The predicted molar refractivity (Wildman–Crippen MR) is 143 cm³/mol. The van der Waals surface area contributed by atoms with Gasteiger partial charge < -0.3 is 15.4 Å². The number of guanidine groups is 1. The summed E-state index contributed by atoms with van der Waals surface area (Å²) in [6, 6.07) is 18.3. The smallest absolute Gasteiger partial charge is 0.337 e. The maximum atomic E-state index is 12.9. The Balaban J connectivity index is 1.44. The number of carbonyl (C=O) groups is 1. The molecule has 188 valence electrons. The van der Waals surface area contributed by atoms with Crippen molar-refractivity contribution >= 4 is 11.9 Å². The Labute approximate surface area is 215 Å². The highest BCUT2D eigenvalue weighted by Crippen LogP contribution is 2.26. The molecule has 2 aliphatic rings. The molecule has 2 aromatic carbocycles. The topological polar surface area (TPSA) is 103 Å². The first-order chi connectivity index (χ1) is 18.0. The molecule has 37 heavy (non-hydrogen) atoms. The Kier molecular flexibility index (Phi) is 6.72.